The highest BCUT2D eigenvalue weighted by Crippen LogP contribution is 2.11. The van der Waals surface area contributed by atoms with Crippen molar-refractivity contribution in [3.05, 3.63) is 65.2 Å². The van der Waals surface area contributed by atoms with E-state index < -0.39 is 17.6 Å². The van der Waals surface area contributed by atoms with Gasteiger partial charge in [-0.25, -0.2) is 0 Å². The van der Waals surface area contributed by atoms with Gasteiger partial charge in [-0.2, -0.15) is 0 Å². The van der Waals surface area contributed by atoms with Gasteiger partial charge in [-0.3, -0.25) is 25.2 Å². The van der Waals surface area contributed by atoms with Gasteiger partial charge in [0.1, 0.15) is 5.75 Å². The van der Waals surface area contributed by atoms with Gasteiger partial charge in [0.15, 0.2) is 6.61 Å². The minimum atomic E-state index is -0.914. The number of ether oxygens (including phenoxy) is 1. The van der Waals surface area contributed by atoms with Crippen LogP contribution in [0.1, 0.15) is 21.5 Å². The SMILES string of the molecule is Cc1ccc(C(=O)C(=O)NNC(=O)COc2cccc(C)c2)cc1. The zero-order valence-corrected chi connectivity index (χ0v) is 13.5. The molecule has 0 heterocycles. The molecule has 0 atom stereocenters. The number of Topliss-reactive ketones (excluding diaryl/α,β-unsaturated/α-hetero) is 1. The molecule has 2 N–H and O–H groups in total. The molecule has 0 saturated heterocycles. The highest BCUT2D eigenvalue weighted by atomic mass is 16.5. The first-order valence-corrected chi connectivity index (χ1v) is 7.35. The van der Waals surface area contributed by atoms with E-state index in [1.165, 1.54) is 0 Å². The summed E-state index contributed by atoms with van der Waals surface area (Å²) in [6, 6.07) is 13.8. The van der Waals surface area contributed by atoms with Crippen molar-refractivity contribution in [1.82, 2.24) is 10.9 Å². The van der Waals surface area contributed by atoms with Crippen molar-refractivity contribution in [3.8, 4) is 5.75 Å². The van der Waals surface area contributed by atoms with Gasteiger partial charge in [-0.15, -0.1) is 0 Å². The van der Waals surface area contributed by atoms with Crippen LogP contribution in [-0.2, 0) is 9.59 Å². The van der Waals surface area contributed by atoms with Crippen LogP contribution in [0.4, 0.5) is 0 Å². The molecule has 0 aromatic heterocycles. The van der Waals surface area contributed by atoms with Crippen LogP contribution in [0.3, 0.4) is 0 Å². The number of amides is 2. The number of hydrazine groups is 1. The van der Waals surface area contributed by atoms with Crippen molar-refractivity contribution in [2.45, 2.75) is 13.8 Å². The van der Waals surface area contributed by atoms with Crippen molar-refractivity contribution in [2.24, 2.45) is 0 Å². The Morgan fingerprint density at radius 1 is 0.917 bits per heavy atom. The van der Waals surface area contributed by atoms with Gasteiger partial charge < -0.3 is 4.74 Å². The maximum Gasteiger partial charge on any atom is 0.310 e. The van der Waals surface area contributed by atoms with E-state index in [9.17, 15) is 14.4 Å². The summed E-state index contributed by atoms with van der Waals surface area (Å²) >= 11 is 0. The Kier molecular flexibility index (Phi) is 5.68. The number of ketones is 1. The molecule has 2 amide bonds. The van der Waals surface area contributed by atoms with Crippen LogP contribution in [0.5, 0.6) is 5.75 Å². The fraction of sp³-hybridized carbons (Fsp3) is 0.167. The molecule has 2 rings (SSSR count). The first-order valence-electron chi connectivity index (χ1n) is 7.35. The van der Waals surface area contributed by atoms with Crippen molar-refractivity contribution in [2.75, 3.05) is 6.61 Å². The molecular weight excluding hydrogens is 308 g/mol. The van der Waals surface area contributed by atoms with Gasteiger partial charge in [0.25, 0.3) is 11.7 Å². The molecule has 0 radical (unpaired) electrons. The lowest BCUT2D eigenvalue weighted by Crippen LogP contribution is -2.46. The normalized spacial score (nSPS) is 9.92. The largest absolute Gasteiger partial charge is 0.484 e. The van der Waals surface area contributed by atoms with E-state index in [2.05, 4.69) is 10.9 Å². The third-order valence-electron chi connectivity index (χ3n) is 3.19. The van der Waals surface area contributed by atoms with E-state index in [4.69, 9.17) is 4.74 Å². The maximum absolute atomic E-state index is 11.9. The average molecular weight is 326 g/mol. The van der Waals surface area contributed by atoms with Gasteiger partial charge >= 0.3 is 5.91 Å². The Balaban J connectivity index is 1.79. The lowest BCUT2D eigenvalue weighted by atomic mass is 10.1. The molecule has 24 heavy (non-hydrogen) atoms. The summed E-state index contributed by atoms with van der Waals surface area (Å²) in [4.78, 5) is 35.3. The number of nitrogens with one attached hydrogen (secondary N) is 2. The van der Waals surface area contributed by atoms with Gasteiger partial charge in [0, 0.05) is 5.56 Å². The first kappa shape index (κ1) is 17.2. The lowest BCUT2D eigenvalue weighted by Gasteiger charge is -2.09. The third kappa shape index (κ3) is 4.95. The van der Waals surface area contributed by atoms with Crippen molar-refractivity contribution >= 4 is 17.6 Å². The van der Waals surface area contributed by atoms with Gasteiger partial charge in [0.05, 0.1) is 0 Å². The predicted molar refractivity (Wildman–Crippen MR) is 88.5 cm³/mol. The number of hydrogen-bond acceptors (Lipinski definition) is 4. The quantitative estimate of drug-likeness (QED) is 0.498. The Labute approximate surface area is 139 Å². The second-order valence-electron chi connectivity index (χ2n) is 5.30. The molecule has 0 fully saturated rings. The molecule has 124 valence electrons. The van der Waals surface area contributed by atoms with Crippen LogP contribution in [0.2, 0.25) is 0 Å². The van der Waals surface area contributed by atoms with E-state index in [-0.39, 0.29) is 12.2 Å². The molecule has 0 saturated carbocycles. The Morgan fingerprint density at radius 2 is 1.62 bits per heavy atom. The number of aryl methyl sites for hydroxylation is 2. The molecule has 0 spiro atoms. The maximum atomic E-state index is 11.9. The zero-order chi connectivity index (χ0) is 17.5. The summed E-state index contributed by atoms with van der Waals surface area (Å²) in [5, 5.41) is 0. The van der Waals surface area contributed by atoms with E-state index in [0.29, 0.717) is 5.75 Å². The highest BCUT2D eigenvalue weighted by Gasteiger charge is 2.16. The van der Waals surface area contributed by atoms with Crippen LogP contribution in [0.25, 0.3) is 0 Å². The van der Waals surface area contributed by atoms with Crippen LogP contribution in [0, 0.1) is 13.8 Å². The minimum Gasteiger partial charge on any atom is -0.484 e. The van der Waals surface area contributed by atoms with Gasteiger partial charge in [0.2, 0.25) is 0 Å². The lowest BCUT2D eigenvalue weighted by molar-refractivity contribution is -0.128. The predicted octanol–water partition coefficient (Wildman–Crippen LogP) is 1.71. The number of rotatable bonds is 5. The van der Waals surface area contributed by atoms with E-state index in [1.807, 2.05) is 26.0 Å². The Bertz CT molecular complexity index is 754. The van der Waals surface area contributed by atoms with Crippen LogP contribution >= 0.6 is 0 Å². The summed E-state index contributed by atoms with van der Waals surface area (Å²) in [5.41, 5.74) is 6.46. The van der Waals surface area contributed by atoms with Crippen molar-refractivity contribution in [3.63, 3.8) is 0 Å². The number of carbonyl (C=O) groups excluding carboxylic acids is 3. The first-order chi connectivity index (χ1) is 11.5. The van der Waals surface area contributed by atoms with Crippen LogP contribution in [0.15, 0.2) is 48.5 Å². The van der Waals surface area contributed by atoms with E-state index >= 15 is 0 Å². The minimum absolute atomic E-state index is 0.253. The molecule has 0 aliphatic carbocycles. The summed E-state index contributed by atoms with van der Waals surface area (Å²) in [7, 11) is 0. The molecule has 0 aliphatic rings. The summed E-state index contributed by atoms with van der Waals surface area (Å²) in [5.74, 6) is -1.66. The third-order valence-corrected chi connectivity index (χ3v) is 3.19. The molecular formula is C18H18N2O4. The summed E-state index contributed by atoms with van der Waals surface area (Å²) in [6.07, 6.45) is 0. The molecule has 0 bridgehead atoms. The molecule has 6 heteroatoms. The summed E-state index contributed by atoms with van der Waals surface area (Å²) in [6.45, 7) is 3.51. The fourth-order valence-corrected chi connectivity index (χ4v) is 1.91. The fourth-order valence-electron chi connectivity index (χ4n) is 1.91. The topological polar surface area (TPSA) is 84.5 Å². The van der Waals surface area contributed by atoms with Gasteiger partial charge in [-0.05, 0) is 31.5 Å². The Morgan fingerprint density at radius 3 is 2.29 bits per heavy atom. The smallest absolute Gasteiger partial charge is 0.310 e. The number of carbonyl (C=O) groups is 3. The van der Waals surface area contributed by atoms with E-state index in [0.717, 1.165) is 11.1 Å². The van der Waals surface area contributed by atoms with Crippen molar-refractivity contribution < 1.29 is 19.1 Å². The van der Waals surface area contributed by atoms with E-state index in [1.54, 1.807) is 36.4 Å². The number of benzene rings is 2. The molecule has 2 aromatic rings. The van der Waals surface area contributed by atoms with Crippen molar-refractivity contribution in [1.29, 1.82) is 0 Å². The second-order valence-corrected chi connectivity index (χ2v) is 5.30. The standard InChI is InChI=1S/C18H18N2O4/c1-12-6-8-14(9-7-12)17(22)18(23)20-19-16(21)11-24-15-5-3-4-13(2)10-15/h3-10H,11H2,1-2H3,(H,19,21)(H,20,23). The highest BCUT2D eigenvalue weighted by molar-refractivity contribution is 6.42. The molecule has 0 unspecified atom stereocenters. The van der Waals surface area contributed by atoms with Gasteiger partial charge in [-0.1, -0.05) is 42.0 Å². The van der Waals surface area contributed by atoms with Crippen LogP contribution < -0.4 is 15.6 Å². The van der Waals surface area contributed by atoms with Crippen LogP contribution in [-0.4, -0.2) is 24.2 Å². The Hall–Kier alpha value is -3.15. The number of hydrogen-bond donors (Lipinski definition) is 2. The second kappa shape index (κ2) is 7.92. The zero-order valence-electron chi connectivity index (χ0n) is 13.5. The average Bonchev–Trinajstić information content (AvgIpc) is 2.58. The molecule has 2 aromatic carbocycles. The molecule has 6 nitrogen and oxygen atoms in total. The molecule has 0 aliphatic heterocycles. The monoisotopic (exact) mass is 326 g/mol. The summed E-state index contributed by atoms with van der Waals surface area (Å²) < 4.78 is 5.29.